The Labute approximate surface area is 99.0 Å². The summed E-state index contributed by atoms with van der Waals surface area (Å²) in [5.41, 5.74) is 0.374. The van der Waals surface area contributed by atoms with Crippen molar-refractivity contribution >= 4 is 27.5 Å². The lowest BCUT2D eigenvalue weighted by Crippen LogP contribution is -2.02. The third-order valence-corrected chi connectivity index (χ3v) is 2.76. The van der Waals surface area contributed by atoms with Crippen molar-refractivity contribution in [3.63, 3.8) is 0 Å². The van der Waals surface area contributed by atoms with Crippen LogP contribution in [0, 0.1) is 11.3 Å². The van der Waals surface area contributed by atoms with Crippen LogP contribution in [-0.4, -0.2) is 4.98 Å². The van der Waals surface area contributed by atoms with Gasteiger partial charge < -0.3 is 0 Å². The van der Waals surface area contributed by atoms with Crippen LogP contribution in [0.3, 0.4) is 0 Å². The molecule has 0 radical (unpaired) electrons. The Kier molecular flexibility index (Phi) is 4.43. The van der Waals surface area contributed by atoms with Gasteiger partial charge >= 0.3 is 0 Å². The van der Waals surface area contributed by atoms with Crippen LogP contribution >= 0.6 is 27.5 Å². The number of nitrogens with zero attached hydrogens (tertiary/aromatic N) is 2. The van der Waals surface area contributed by atoms with Gasteiger partial charge in [0.15, 0.2) is 0 Å². The maximum absolute atomic E-state index is 12.7. The van der Waals surface area contributed by atoms with Crippen molar-refractivity contribution in [2.45, 2.75) is 18.7 Å². The van der Waals surface area contributed by atoms with Crippen LogP contribution in [0.4, 0.5) is 8.78 Å². The minimum atomic E-state index is -2.63. The molecule has 0 atom stereocenters. The predicted molar refractivity (Wildman–Crippen MR) is 55.8 cm³/mol. The van der Waals surface area contributed by atoms with Crippen LogP contribution in [0.1, 0.15) is 23.2 Å². The molecule has 0 aliphatic heterocycles. The molecule has 2 nitrogen and oxygen atoms in total. The van der Waals surface area contributed by atoms with Gasteiger partial charge in [-0.2, -0.15) is 5.26 Å². The average Bonchev–Trinajstić information content (AvgIpc) is 2.19. The fourth-order valence-corrected chi connectivity index (χ4v) is 2.01. The van der Waals surface area contributed by atoms with Crippen molar-refractivity contribution in [3.05, 3.63) is 27.5 Å². The number of halogens is 4. The van der Waals surface area contributed by atoms with Gasteiger partial charge in [0.25, 0.3) is 6.43 Å². The zero-order chi connectivity index (χ0) is 11.4. The SMILES string of the molecule is N#CCc1ncc(Br)c(C(F)F)c1CCl. The van der Waals surface area contributed by atoms with E-state index in [1.165, 1.54) is 6.20 Å². The summed E-state index contributed by atoms with van der Waals surface area (Å²) in [6, 6.07) is 1.86. The quantitative estimate of drug-likeness (QED) is 0.799. The van der Waals surface area contributed by atoms with Gasteiger partial charge in [0.1, 0.15) is 0 Å². The first-order valence-electron chi connectivity index (χ1n) is 3.99. The molecule has 15 heavy (non-hydrogen) atoms. The number of aromatic nitrogens is 1. The number of pyridine rings is 1. The summed E-state index contributed by atoms with van der Waals surface area (Å²) in [6.45, 7) is 0. The Hall–Kier alpha value is -0.730. The Morgan fingerprint density at radius 3 is 2.73 bits per heavy atom. The molecule has 80 valence electrons. The lowest BCUT2D eigenvalue weighted by Gasteiger charge is -2.11. The van der Waals surface area contributed by atoms with Gasteiger partial charge in [0.2, 0.25) is 0 Å². The van der Waals surface area contributed by atoms with Crippen molar-refractivity contribution in [2.75, 3.05) is 0 Å². The van der Waals surface area contributed by atoms with Crippen LogP contribution in [0.15, 0.2) is 10.7 Å². The molecule has 0 bridgehead atoms. The molecule has 0 aromatic carbocycles. The molecule has 6 heteroatoms. The van der Waals surface area contributed by atoms with Crippen LogP contribution < -0.4 is 0 Å². The Morgan fingerprint density at radius 1 is 1.60 bits per heavy atom. The van der Waals surface area contributed by atoms with Gasteiger partial charge in [0.05, 0.1) is 18.2 Å². The van der Waals surface area contributed by atoms with E-state index in [0.29, 0.717) is 5.69 Å². The molecule has 1 rings (SSSR count). The fraction of sp³-hybridized carbons (Fsp3) is 0.333. The monoisotopic (exact) mass is 294 g/mol. The maximum Gasteiger partial charge on any atom is 0.265 e. The van der Waals surface area contributed by atoms with Crippen molar-refractivity contribution in [1.82, 2.24) is 4.98 Å². The first-order valence-corrected chi connectivity index (χ1v) is 5.31. The molecule has 0 saturated carbocycles. The molecule has 0 saturated heterocycles. The van der Waals surface area contributed by atoms with Crippen LogP contribution in [0.5, 0.6) is 0 Å². The highest BCUT2D eigenvalue weighted by Gasteiger charge is 2.20. The minimum absolute atomic E-state index is 0.0188. The highest BCUT2D eigenvalue weighted by Crippen LogP contribution is 2.32. The normalized spacial score (nSPS) is 10.4. The van der Waals surface area contributed by atoms with E-state index in [9.17, 15) is 8.78 Å². The van der Waals surface area contributed by atoms with Crippen molar-refractivity contribution in [3.8, 4) is 6.07 Å². The lowest BCUT2D eigenvalue weighted by atomic mass is 10.1. The highest BCUT2D eigenvalue weighted by atomic mass is 79.9. The van der Waals surface area contributed by atoms with Gasteiger partial charge in [-0.3, -0.25) is 4.98 Å². The van der Waals surface area contributed by atoms with E-state index in [-0.39, 0.29) is 27.9 Å². The van der Waals surface area contributed by atoms with Crippen LogP contribution in [0.2, 0.25) is 0 Å². The molecule has 0 spiro atoms. The van der Waals surface area contributed by atoms with E-state index >= 15 is 0 Å². The number of alkyl halides is 3. The van der Waals surface area contributed by atoms with E-state index < -0.39 is 6.43 Å². The molecule has 1 aromatic heterocycles. The first-order chi connectivity index (χ1) is 7.11. The largest absolute Gasteiger partial charge is 0.265 e. The Balaban J connectivity index is 3.34. The first kappa shape index (κ1) is 12.3. The number of hydrogen-bond acceptors (Lipinski definition) is 2. The summed E-state index contributed by atoms with van der Waals surface area (Å²) >= 11 is 8.58. The van der Waals surface area contributed by atoms with E-state index in [1.807, 2.05) is 6.07 Å². The van der Waals surface area contributed by atoms with Crippen molar-refractivity contribution in [1.29, 1.82) is 5.26 Å². The summed E-state index contributed by atoms with van der Waals surface area (Å²) in [6.07, 6.45) is -1.38. The van der Waals surface area contributed by atoms with Crippen LogP contribution in [0.25, 0.3) is 0 Å². The zero-order valence-electron chi connectivity index (χ0n) is 7.48. The lowest BCUT2D eigenvalue weighted by molar-refractivity contribution is 0.149. The molecule has 0 aliphatic rings. The Bertz CT molecular complexity index is 404. The molecule has 1 heterocycles. The topological polar surface area (TPSA) is 36.7 Å². The second-order valence-corrected chi connectivity index (χ2v) is 3.84. The molecular formula is C9H6BrClF2N2. The molecule has 0 N–H and O–H groups in total. The van der Waals surface area contributed by atoms with E-state index in [2.05, 4.69) is 20.9 Å². The van der Waals surface area contributed by atoms with Gasteiger partial charge in [-0.1, -0.05) is 0 Å². The minimum Gasteiger partial charge on any atom is -0.259 e. The van der Waals surface area contributed by atoms with Crippen molar-refractivity contribution < 1.29 is 8.78 Å². The molecular weight excluding hydrogens is 289 g/mol. The number of nitriles is 1. The highest BCUT2D eigenvalue weighted by molar-refractivity contribution is 9.10. The summed E-state index contributed by atoms with van der Waals surface area (Å²) < 4.78 is 25.6. The molecule has 0 unspecified atom stereocenters. The zero-order valence-corrected chi connectivity index (χ0v) is 9.82. The number of rotatable bonds is 3. The predicted octanol–water partition coefficient (Wildman–Crippen LogP) is 3.59. The summed E-state index contributed by atoms with van der Waals surface area (Å²) in [5.74, 6) is -0.0802. The molecule has 0 amide bonds. The van der Waals surface area contributed by atoms with Gasteiger partial charge in [-0.05, 0) is 21.5 Å². The third-order valence-electron chi connectivity index (χ3n) is 1.86. The van der Waals surface area contributed by atoms with Gasteiger partial charge in [-0.15, -0.1) is 11.6 Å². The third kappa shape index (κ3) is 2.64. The number of hydrogen-bond donors (Lipinski definition) is 0. The van der Waals surface area contributed by atoms with Crippen LogP contribution in [-0.2, 0) is 12.3 Å². The fourth-order valence-electron chi connectivity index (χ4n) is 1.19. The second kappa shape index (κ2) is 5.38. The van der Waals surface area contributed by atoms with Crippen molar-refractivity contribution in [2.24, 2.45) is 0 Å². The molecule has 1 aromatic rings. The standard InChI is InChI=1S/C9H6BrClF2N2/c10-6-4-15-7(1-2-14)5(3-11)8(6)9(12)13/h4,9H,1,3H2. The second-order valence-electron chi connectivity index (χ2n) is 2.71. The molecule has 0 fully saturated rings. The summed E-state index contributed by atoms with van der Waals surface area (Å²) in [4.78, 5) is 3.89. The van der Waals surface area contributed by atoms with E-state index in [4.69, 9.17) is 16.9 Å². The van der Waals surface area contributed by atoms with Gasteiger partial charge in [0, 0.05) is 22.1 Å². The molecule has 0 aliphatic carbocycles. The smallest absolute Gasteiger partial charge is 0.259 e. The van der Waals surface area contributed by atoms with E-state index in [0.717, 1.165) is 0 Å². The summed E-state index contributed by atoms with van der Waals surface area (Å²) in [5, 5.41) is 8.51. The maximum atomic E-state index is 12.7. The van der Waals surface area contributed by atoms with Gasteiger partial charge in [-0.25, -0.2) is 8.78 Å². The average molecular weight is 296 g/mol. The summed E-state index contributed by atoms with van der Waals surface area (Å²) in [7, 11) is 0. The van der Waals surface area contributed by atoms with E-state index in [1.54, 1.807) is 0 Å². The Morgan fingerprint density at radius 2 is 2.27 bits per heavy atom.